The first kappa shape index (κ1) is 18.0. The molecule has 0 aromatic heterocycles. The molecule has 5 heteroatoms. The van der Waals surface area contributed by atoms with E-state index in [-0.39, 0.29) is 11.8 Å². The van der Waals surface area contributed by atoms with Crippen molar-refractivity contribution in [3.05, 3.63) is 30.3 Å². The molecule has 0 heterocycles. The van der Waals surface area contributed by atoms with Gasteiger partial charge in [-0.15, -0.1) is 0 Å². The average molecular weight is 306 g/mol. The molecule has 0 unspecified atom stereocenters. The van der Waals surface area contributed by atoms with Crippen LogP contribution in [-0.2, 0) is 9.53 Å². The molecule has 0 aliphatic carbocycles. The molecule has 0 spiro atoms. The van der Waals surface area contributed by atoms with E-state index in [1.54, 1.807) is 32.9 Å². The minimum Gasteiger partial charge on any atom is -0.444 e. The number of alkyl carbamates (subject to hydrolysis) is 1. The largest absolute Gasteiger partial charge is 0.444 e. The third-order valence-electron chi connectivity index (χ3n) is 3.21. The van der Waals surface area contributed by atoms with Gasteiger partial charge in [0, 0.05) is 5.69 Å². The third kappa shape index (κ3) is 6.16. The second kappa shape index (κ2) is 7.82. The summed E-state index contributed by atoms with van der Waals surface area (Å²) in [6, 6.07) is 8.53. The van der Waals surface area contributed by atoms with E-state index in [0.717, 1.165) is 6.42 Å². The minimum atomic E-state index is -0.639. The Morgan fingerprint density at radius 3 is 2.27 bits per heavy atom. The number of para-hydroxylation sites is 1. The number of anilines is 1. The predicted molar refractivity (Wildman–Crippen MR) is 87.7 cm³/mol. The molecule has 0 saturated carbocycles. The maximum Gasteiger partial charge on any atom is 0.408 e. The van der Waals surface area contributed by atoms with Crippen LogP contribution in [-0.4, -0.2) is 23.6 Å². The quantitative estimate of drug-likeness (QED) is 0.874. The fraction of sp³-hybridized carbons (Fsp3) is 0.529. The summed E-state index contributed by atoms with van der Waals surface area (Å²) in [6.07, 6.45) is 0.184. The number of hydrogen-bond donors (Lipinski definition) is 2. The summed E-state index contributed by atoms with van der Waals surface area (Å²) in [5.41, 5.74) is 0.104. The lowest BCUT2D eigenvalue weighted by atomic mass is 9.98. The lowest BCUT2D eigenvalue weighted by molar-refractivity contribution is -0.119. The Labute approximate surface area is 132 Å². The molecule has 0 radical (unpaired) electrons. The van der Waals surface area contributed by atoms with Crippen LogP contribution in [0.3, 0.4) is 0 Å². The zero-order valence-electron chi connectivity index (χ0n) is 14.0. The van der Waals surface area contributed by atoms with Gasteiger partial charge < -0.3 is 15.4 Å². The monoisotopic (exact) mass is 306 g/mol. The van der Waals surface area contributed by atoms with Crippen molar-refractivity contribution < 1.29 is 14.3 Å². The molecule has 1 aromatic rings. The molecule has 2 amide bonds. The van der Waals surface area contributed by atoms with Crippen molar-refractivity contribution in [1.82, 2.24) is 5.32 Å². The Hall–Kier alpha value is -2.04. The van der Waals surface area contributed by atoms with Crippen molar-refractivity contribution >= 4 is 17.7 Å². The normalized spacial score (nSPS) is 13.9. The first-order valence-corrected chi connectivity index (χ1v) is 7.58. The number of nitrogens with one attached hydrogen (secondary N) is 2. The van der Waals surface area contributed by atoms with Crippen LogP contribution in [0.5, 0.6) is 0 Å². The average Bonchev–Trinajstić information content (AvgIpc) is 2.43. The molecule has 0 fully saturated rings. The van der Waals surface area contributed by atoms with Crippen LogP contribution in [0, 0.1) is 5.92 Å². The van der Waals surface area contributed by atoms with E-state index in [1.807, 2.05) is 32.0 Å². The van der Waals surface area contributed by atoms with Gasteiger partial charge >= 0.3 is 6.09 Å². The van der Waals surface area contributed by atoms with E-state index in [1.165, 1.54) is 0 Å². The first-order chi connectivity index (χ1) is 10.2. The number of benzene rings is 1. The Kier molecular flexibility index (Phi) is 6.40. The highest BCUT2D eigenvalue weighted by Gasteiger charge is 2.28. The van der Waals surface area contributed by atoms with Crippen LogP contribution < -0.4 is 10.6 Å². The van der Waals surface area contributed by atoms with Gasteiger partial charge in [0.05, 0.1) is 0 Å². The van der Waals surface area contributed by atoms with E-state index in [4.69, 9.17) is 4.74 Å². The van der Waals surface area contributed by atoms with Crippen LogP contribution in [0.4, 0.5) is 10.5 Å². The van der Waals surface area contributed by atoms with Crippen molar-refractivity contribution in [3.63, 3.8) is 0 Å². The van der Waals surface area contributed by atoms with Crippen LogP contribution in [0.25, 0.3) is 0 Å². The van der Waals surface area contributed by atoms with E-state index in [0.29, 0.717) is 5.69 Å². The second-order valence-corrected chi connectivity index (χ2v) is 6.36. The Bertz CT molecular complexity index is 494. The first-order valence-electron chi connectivity index (χ1n) is 7.58. The summed E-state index contributed by atoms with van der Waals surface area (Å²) >= 11 is 0. The van der Waals surface area contributed by atoms with E-state index < -0.39 is 17.7 Å². The van der Waals surface area contributed by atoms with Crippen LogP contribution in [0.2, 0.25) is 0 Å². The molecular weight excluding hydrogens is 280 g/mol. The summed E-state index contributed by atoms with van der Waals surface area (Å²) in [6.45, 7) is 9.26. The number of carbonyl (C=O) groups is 2. The lowest BCUT2D eigenvalue weighted by Gasteiger charge is -2.26. The van der Waals surface area contributed by atoms with Gasteiger partial charge in [0.25, 0.3) is 0 Å². The van der Waals surface area contributed by atoms with Crippen molar-refractivity contribution in [1.29, 1.82) is 0 Å². The highest BCUT2D eigenvalue weighted by atomic mass is 16.6. The van der Waals surface area contributed by atoms with Gasteiger partial charge in [0.2, 0.25) is 5.91 Å². The Balaban J connectivity index is 2.75. The summed E-state index contributed by atoms with van der Waals surface area (Å²) in [4.78, 5) is 24.4. The van der Waals surface area contributed by atoms with Gasteiger partial charge in [-0.25, -0.2) is 4.79 Å². The number of amides is 2. The third-order valence-corrected chi connectivity index (χ3v) is 3.21. The van der Waals surface area contributed by atoms with Crippen LogP contribution in [0.1, 0.15) is 41.0 Å². The topological polar surface area (TPSA) is 67.4 Å². The molecule has 1 rings (SSSR count). The number of hydrogen-bond acceptors (Lipinski definition) is 3. The van der Waals surface area contributed by atoms with Gasteiger partial charge in [-0.05, 0) is 38.8 Å². The summed E-state index contributed by atoms with van der Waals surface area (Å²) in [7, 11) is 0. The van der Waals surface area contributed by atoms with Crippen molar-refractivity contribution in [2.45, 2.75) is 52.7 Å². The standard InChI is InChI=1S/C17H26N2O3/c1-6-12(2)14(19-16(21)22-17(3,4)5)15(20)18-13-10-8-7-9-11-13/h7-12,14H,6H2,1-5H3,(H,18,20)(H,19,21)/t12-,14-/m0/s1. The minimum absolute atomic E-state index is 0.00349. The number of ether oxygens (including phenoxy) is 1. The van der Waals surface area contributed by atoms with Crippen LogP contribution >= 0.6 is 0 Å². The smallest absolute Gasteiger partial charge is 0.408 e. The molecular formula is C17H26N2O3. The highest BCUT2D eigenvalue weighted by Crippen LogP contribution is 2.13. The summed E-state index contributed by atoms with van der Waals surface area (Å²) in [5, 5.41) is 5.49. The summed E-state index contributed by atoms with van der Waals surface area (Å²) < 4.78 is 5.23. The Morgan fingerprint density at radius 1 is 1.18 bits per heavy atom. The van der Waals surface area contributed by atoms with Crippen molar-refractivity contribution in [2.24, 2.45) is 5.92 Å². The second-order valence-electron chi connectivity index (χ2n) is 6.36. The molecule has 0 aliphatic heterocycles. The van der Waals surface area contributed by atoms with Crippen molar-refractivity contribution in [3.8, 4) is 0 Å². The molecule has 2 atom stereocenters. The van der Waals surface area contributed by atoms with Crippen LogP contribution in [0.15, 0.2) is 30.3 Å². The summed E-state index contributed by atoms with van der Waals surface area (Å²) in [5.74, 6) is -0.248. The molecule has 0 saturated heterocycles. The maximum absolute atomic E-state index is 12.4. The maximum atomic E-state index is 12.4. The van der Waals surface area contributed by atoms with Gasteiger partial charge in [-0.1, -0.05) is 38.5 Å². The fourth-order valence-corrected chi connectivity index (χ4v) is 1.88. The fourth-order valence-electron chi connectivity index (χ4n) is 1.88. The predicted octanol–water partition coefficient (Wildman–Crippen LogP) is 3.56. The number of rotatable bonds is 5. The molecule has 0 aliphatic rings. The van der Waals surface area contributed by atoms with Gasteiger partial charge in [-0.2, -0.15) is 0 Å². The number of carbonyl (C=O) groups excluding carboxylic acids is 2. The van der Waals surface area contributed by atoms with Gasteiger partial charge in [0.1, 0.15) is 11.6 Å². The zero-order valence-corrected chi connectivity index (χ0v) is 14.0. The SMILES string of the molecule is CC[C@H](C)[C@H](NC(=O)OC(C)(C)C)C(=O)Nc1ccccc1. The highest BCUT2D eigenvalue weighted by molar-refractivity contribution is 5.96. The van der Waals surface area contributed by atoms with E-state index >= 15 is 0 Å². The molecule has 122 valence electrons. The van der Waals surface area contributed by atoms with Gasteiger partial charge in [0.15, 0.2) is 0 Å². The zero-order chi connectivity index (χ0) is 16.8. The molecule has 5 nitrogen and oxygen atoms in total. The molecule has 1 aromatic carbocycles. The van der Waals surface area contributed by atoms with E-state index in [9.17, 15) is 9.59 Å². The molecule has 0 bridgehead atoms. The van der Waals surface area contributed by atoms with Gasteiger partial charge in [-0.3, -0.25) is 4.79 Å². The Morgan fingerprint density at radius 2 is 1.77 bits per heavy atom. The molecule has 22 heavy (non-hydrogen) atoms. The van der Waals surface area contributed by atoms with E-state index in [2.05, 4.69) is 10.6 Å². The molecule has 2 N–H and O–H groups in total. The van der Waals surface area contributed by atoms with Crippen molar-refractivity contribution in [2.75, 3.05) is 5.32 Å². The lowest BCUT2D eigenvalue weighted by Crippen LogP contribution is -2.49.